The molecule has 206 valence electrons. The Morgan fingerprint density at radius 2 is 2.00 bits per heavy atom. The number of benzene rings is 1. The van der Waals surface area contributed by atoms with E-state index in [9.17, 15) is 9.50 Å². The Hall–Kier alpha value is -3.73. The minimum Gasteiger partial charge on any atom is -0.492 e. The lowest BCUT2D eigenvalue weighted by Gasteiger charge is -2.55. The maximum Gasteiger partial charge on any atom is 0.178 e. The maximum atomic E-state index is 14.3. The fourth-order valence-electron chi connectivity index (χ4n) is 6.16. The van der Waals surface area contributed by atoms with Gasteiger partial charge in [0.15, 0.2) is 5.65 Å². The first-order valence-corrected chi connectivity index (χ1v) is 13.9. The maximum absolute atomic E-state index is 14.3. The third-order valence-corrected chi connectivity index (χ3v) is 8.64. The standard InChI is InChI=1S/C29H29ClFN7O2/c1-2-40-19-12-20(26-21-14-33-34-27(21)35-38(26)15-19)18-6-7-24(32-13-18)37-16-29(17-37)8-10-36(11-9-29)28(39)25-22(30)4-3-5-23(25)31/h3-7,12-15,28,39H,2,8-11,16-17H2,1H3,(H,34,35). The third kappa shape index (κ3) is 4.18. The van der Waals surface area contributed by atoms with Crippen LogP contribution < -0.4 is 9.64 Å². The highest BCUT2D eigenvalue weighted by Gasteiger charge is 2.46. The number of aromatic amines is 1. The Bertz CT molecular complexity index is 1670. The molecule has 1 unspecified atom stereocenters. The second kappa shape index (κ2) is 9.72. The number of hydrogen-bond acceptors (Lipinski definition) is 7. The van der Waals surface area contributed by atoms with Gasteiger partial charge in [-0.3, -0.25) is 10.00 Å². The van der Waals surface area contributed by atoms with E-state index in [1.807, 2.05) is 34.8 Å². The minimum atomic E-state index is -1.04. The van der Waals surface area contributed by atoms with Crippen LogP contribution in [0.4, 0.5) is 10.2 Å². The molecule has 4 aromatic heterocycles. The lowest BCUT2D eigenvalue weighted by atomic mass is 9.72. The van der Waals surface area contributed by atoms with E-state index >= 15 is 0 Å². The molecule has 2 N–H and O–H groups in total. The number of aliphatic hydroxyl groups excluding tert-OH is 1. The molecule has 1 aromatic carbocycles. The van der Waals surface area contributed by atoms with Gasteiger partial charge in [-0.2, -0.15) is 5.10 Å². The van der Waals surface area contributed by atoms with E-state index < -0.39 is 12.0 Å². The van der Waals surface area contributed by atoms with Crippen molar-refractivity contribution in [2.75, 3.05) is 37.7 Å². The third-order valence-electron chi connectivity index (χ3n) is 8.31. The molecule has 2 saturated heterocycles. The number of halogens is 2. The van der Waals surface area contributed by atoms with Crippen LogP contribution in [0, 0.1) is 11.2 Å². The molecule has 1 atom stereocenters. The first-order chi connectivity index (χ1) is 19.4. The highest BCUT2D eigenvalue weighted by atomic mass is 35.5. The van der Waals surface area contributed by atoms with Gasteiger partial charge >= 0.3 is 0 Å². The molecule has 9 nitrogen and oxygen atoms in total. The molecule has 0 bridgehead atoms. The van der Waals surface area contributed by atoms with E-state index in [-0.39, 0.29) is 16.0 Å². The summed E-state index contributed by atoms with van der Waals surface area (Å²) >= 11 is 6.19. The summed E-state index contributed by atoms with van der Waals surface area (Å²) in [5.74, 6) is 1.21. The molecule has 7 rings (SSSR count). The topological polar surface area (TPSA) is 94.8 Å². The number of hydrogen-bond donors (Lipinski definition) is 2. The van der Waals surface area contributed by atoms with E-state index in [0.717, 1.165) is 65.2 Å². The van der Waals surface area contributed by atoms with Crippen molar-refractivity contribution in [3.63, 3.8) is 0 Å². The smallest absolute Gasteiger partial charge is 0.178 e. The number of piperidine rings is 1. The predicted molar refractivity (Wildman–Crippen MR) is 151 cm³/mol. The van der Waals surface area contributed by atoms with Gasteiger partial charge in [0, 0.05) is 54.5 Å². The van der Waals surface area contributed by atoms with Gasteiger partial charge in [0.1, 0.15) is 23.6 Å². The molecule has 5 aromatic rings. The molecule has 0 radical (unpaired) electrons. The van der Waals surface area contributed by atoms with E-state index in [1.54, 1.807) is 18.3 Å². The summed E-state index contributed by atoms with van der Waals surface area (Å²) < 4.78 is 22.0. The van der Waals surface area contributed by atoms with E-state index in [4.69, 9.17) is 21.3 Å². The quantitative estimate of drug-likeness (QED) is 0.299. The van der Waals surface area contributed by atoms with Crippen LogP contribution in [0.3, 0.4) is 0 Å². The molecule has 2 aliphatic heterocycles. The molecule has 11 heteroatoms. The number of H-pyrrole nitrogens is 1. The van der Waals surface area contributed by atoms with Gasteiger partial charge in [0.25, 0.3) is 0 Å². The van der Waals surface area contributed by atoms with Gasteiger partial charge < -0.3 is 14.7 Å². The molecule has 2 aliphatic rings. The molecule has 0 amide bonds. The lowest BCUT2D eigenvalue weighted by Crippen LogP contribution is -2.61. The summed E-state index contributed by atoms with van der Waals surface area (Å²) in [5, 5.41) is 23.7. The second-order valence-corrected chi connectivity index (χ2v) is 11.2. The highest BCUT2D eigenvalue weighted by molar-refractivity contribution is 6.31. The van der Waals surface area contributed by atoms with Crippen molar-refractivity contribution in [2.45, 2.75) is 26.0 Å². The zero-order valence-corrected chi connectivity index (χ0v) is 22.8. The van der Waals surface area contributed by atoms with Crippen LogP contribution in [0.15, 0.2) is 55.0 Å². The fraction of sp³-hybridized carbons (Fsp3) is 0.345. The predicted octanol–water partition coefficient (Wildman–Crippen LogP) is 5.06. The van der Waals surface area contributed by atoms with Crippen molar-refractivity contribution in [3.8, 4) is 16.9 Å². The summed E-state index contributed by atoms with van der Waals surface area (Å²) in [7, 11) is 0. The molecule has 40 heavy (non-hydrogen) atoms. The van der Waals surface area contributed by atoms with Gasteiger partial charge in [-0.15, -0.1) is 5.10 Å². The number of aromatic nitrogens is 5. The minimum absolute atomic E-state index is 0.160. The van der Waals surface area contributed by atoms with Crippen molar-refractivity contribution >= 4 is 34.0 Å². The monoisotopic (exact) mass is 561 g/mol. The number of pyridine rings is 2. The summed E-state index contributed by atoms with van der Waals surface area (Å²) in [6, 6.07) is 10.7. The number of aliphatic hydroxyl groups is 1. The van der Waals surface area contributed by atoms with Gasteiger partial charge in [-0.1, -0.05) is 17.7 Å². The number of likely N-dealkylation sites (tertiary alicyclic amines) is 1. The normalized spacial score (nSPS) is 17.9. The largest absolute Gasteiger partial charge is 0.492 e. The zero-order valence-electron chi connectivity index (χ0n) is 22.0. The average Bonchev–Trinajstić information content (AvgIpc) is 3.53. The molecule has 0 saturated carbocycles. The Morgan fingerprint density at radius 3 is 2.73 bits per heavy atom. The molecule has 2 fully saturated rings. The Morgan fingerprint density at radius 1 is 1.18 bits per heavy atom. The first-order valence-electron chi connectivity index (χ1n) is 13.5. The van der Waals surface area contributed by atoms with Crippen molar-refractivity contribution in [1.29, 1.82) is 0 Å². The SMILES string of the molecule is CCOc1cc(-c2ccc(N3CC4(CCN(C(O)c5c(F)cccc5Cl)CC4)C3)nc2)c2c3cn[nH]c3nn2c1. The molecule has 1 spiro atoms. The lowest BCUT2D eigenvalue weighted by molar-refractivity contribution is -0.0445. The Labute approximate surface area is 235 Å². The van der Waals surface area contributed by atoms with Gasteiger partial charge in [-0.05, 0) is 50.1 Å². The van der Waals surface area contributed by atoms with Gasteiger partial charge in [0.05, 0.1) is 34.9 Å². The summed E-state index contributed by atoms with van der Waals surface area (Å²) in [6.45, 7) is 5.71. The van der Waals surface area contributed by atoms with Gasteiger partial charge in [0.2, 0.25) is 0 Å². The van der Waals surface area contributed by atoms with Crippen LogP contribution in [0.25, 0.3) is 27.7 Å². The Kier molecular flexibility index (Phi) is 6.14. The first kappa shape index (κ1) is 25.3. The van der Waals surface area contributed by atoms with Gasteiger partial charge in [-0.25, -0.2) is 13.9 Å². The van der Waals surface area contributed by atoms with Crippen LogP contribution in [0.5, 0.6) is 5.75 Å². The summed E-state index contributed by atoms with van der Waals surface area (Å²) in [6.07, 6.45) is 6.39. The van der Waals surface area contributed by atoms with Crippen LogP contribution in [0.2, 0.25) is 5.02 Å². The van der Waals surface area contributed by atoms with Crippen LogP contribution in [-0.4, -0.2) is 67.6 Å². The number of fused-ring (bicyclic) bond motifs is 3. The van der Waals surface area contributed by atoms with Crippen molar-refractivity contribution in [1.82, 2.24) is 29.7 Å². The molecular formula is C29H29ClFN7O2. The van der Waals surface area contributed by atoms with Crippen LogP contribution in [0.1, 0.15) is 31.6 Å². The van der Waals surface area contributed by atoms with Crippen LogP contribution >= 0.6 is 11.6 Å². The molecular weight excluding hydrogens is 533 g/mol. The number of anilines is 1. The second-order valence-electron chi connectivity index (χ2n) is 10.8. The van der Waals surface area contributed by atoms with Crippen molar-refractivity contribution < 1.29 is 14.2 Å². The molecule has 6 heterocycles. The van der Waals surface area contributed by atoms with E-state index in [1.165, 1.54) is 6.07 Å². The zero-order chi connectivity index (χ0) is 27.4. The van der Waals surface area contributed by atoms with E-state index in [2.05, 4.69) is 32.3 Å². The Balaban J connectivity index is 1.05. The van der Waals surface area contributed by atoms with Crippen LogP contribution in [-0.2, 0) is 0 Å². The summed E-state index contributed by atoms with van der Waals surface area (Å²) in [4.78, 5) is 9.02. The fourth-order valence-corrected chi connectivity index (χ4v) is 6.42. The van der Waals surface area contributed by atoms with E-state index in [0.29, 0.717) is 19.7 Å². The summed E-state index contributed by atoms with van der Waals surface area (Å²) in [5.41, 5.74) is 3.97. The number of nitrogens with zero attached hydrogens (tertiary/aromatic N) is 6. The average molecular weight is 562 g/mol. The number of nitrogens with one attached hydrogen (secondary N) is 1. The number of rotatable bonds is 6. The highest BCUT2D eigenvalue weighted by Crippen LogP contribution is 2.44. The molecule has 0 aliphatic carbocycles. The van der Waals surface area contributed by atoms with Crippen molar-refractivity contribution in [3.05, 3.63) is 71.4 Å². The van der Waals surface area contributed by atoms with Crippen molar-refractivity contribution in [2.24, 2.45) is 5.41 Å². The number of ether oxygens (including phenoxy) is 1.